The first kappa shape index (κ1) is 11.8. The Balaban J connectivity index is 2.61. The second kappa shape index (κ2) is 5.54. The molecule has 0 bridgehead atoms. The maximum atomic E-state index is 11.1. The molecule has 0 unspecified atom stereocenters. The molecule has 1 aromatic rings. The van der Waals surface area contributed by atoms with Crippen molar-refractivity contribution in [1.82, 2.24) is 0 Å². The first-order valence-corrected chi connectivity index (χ1v) is 5.38. The predicted molar refractivity (Wildman–Crippen MR) is 61.3 cm³/mol. The Bertz CT molecular complexity index is 329. The van der Waals surface area contributed by atoms with E-state index in [4.69, 9.17) is 4.74 Å². The zero-order valence-corrected chi connectivity index (χ0v) is 9.62. The largest absolute Gasteiger partial charge is 0.486 e. The van der Waals surface area contributed by atoms with Gasteiger partial charge in [0, 0.05) is 6.42 Å². The van der Waals surface area contributed by atoms with Gasteiger partial charge in [0.2, 0.25) is 0 Å². The third-order valence-corrected chi connectivity index (χ3v) is 2.32. The van der Waals surface area contributed by atoms with Crippen LogP contribution < -0.4 is 4.74 Å². The van der Waals surface area contributed by atoms with Gasteiger partial charge < -0.3 is 4.74 Å². The fraction of sp³-hybridized carbons (Fsp3) is 0.462. The molecule has 0 heterocycles. The summed E-state index contributed by atoms with van der Waals surface area (Å²) in [6.07, 6.45) is 0.532. The van der Waals surface area contributed by atoms with E-state index in [2.05, 4.69) is 19.9 Å². The summed E-state index contributed by atoms with van der Waals surface area (Å²) in [5.74, 6) is 1.39. The van der Waals surface area contributed by atoms with Gasteiger partial charge in [-0.3, -0.25) is 4.79 Å². The summed E-state index contributed by atoms with van der Waals surface area (Å²) in [4.78, 5) is 11.1. The van der Waals surface area contributed by atoms with Crippen LogP contribution in [0.5, 0.6) is 5.75 Å². The topological polar surface area (TPSA) is 26.3 Å². The number of carbonyl (C=O) groups is 1. The summed E-state index contributed by atoms with van der Waals surface area (Å²) in [5.41, 5.74) is 1.23. The van der Waals surface area contributed by atoms with Crippen LogP contribution in [-0.4, -0.2) is 12.4 Å². The van der Waals surface area contributed by atoms with Crippen molar-refractivity contribution >= 4 is 5.78 Å². The molecule has 0 N–H and O–H groups in total. The number of hydrogen-bond donors (Lipinski definition) is 0. The van der Waals surface area contributed by atoms with E-state index in [1.807, 2.05) is 25.1 Å². The first-order chi connectivity index (χ1) is 7.13. The molecule has 0 atom stereocenters. The number of Topliss-reactive ketones (excluding diaryl/α,β-unsaturated/α-hetero) is 1. The Hall–Kier alpha value is -1.31. The fourth-order valence-corrected chi connectivity index (χ4v) is 1.23. The van der Waals surface area contributed by atoms with Gasteiger partial charge in [-0.05, 0) is 23.6 Å². The second-order valence-corrected chi connectivity index (χ2v) is 3.91. The Morgan fingerprint density at radius 2 is 2.13 bits per heavy atom. The van der Waals surface area contributed by atoms with Gasteiger partial charge in [-0.1, -0.05) is 32.9 Å². The Morgan fingerprint density at radius 3 is 2.73 bits per heavy atom. The summed E-state index contributed by atoms with van der Waals surface area (Å²) in [6.45, 7) is 6.29. The van der Waals surface area contributed by atoms with E-state index >= 15 is 0 Å². The van der Waals surface area contributed by atoms with E-state index in [1.165, 1.54) is 5.56 Å². The molecule has 0 saturated carbocycles. The summed E-state index contributed by atoms with van der Waals surface area (Å²) in [5, 5.41) is 0. The standard InChI is InChI=1S/C13H18O2/c1-4-12(14)9-15-13-7-5-6-11(8-13)10(2)3/h5-8,10H,4,9H2,1-3H3. The first-order valence-electron chi connectivity index (χ1n) is 5.38. The zero-order valence-electron chi connectivity index (χ0n) is 9.62. The van der Waals surface area contributed by atoms with Crippen LogP contribution in [0.25, 0.3) is 0 Å². The zero-order chi connectivity index (χ0) is 11.3. The van der Waals surface area contributed by atoms with Crippen molar-refractivity contribution in [3.05, 3.63) is 29.8 Å². The van der Waals surface area contributed by atoms with E-state index in [-0.39, 0.29) is 12.4 Å². The third kappa shape index (κ3) is 3.74. The van der Waals surface area contributed by atoms with Crippen molar-refractivity contribution in [2.75, 3.05) is 6.61 Å². The third-order valence-electron chi connectivity index (χ3n) is 2.32. The van der Waals surface area contributed by atoms with Gasteiger partial charge in [0.1, 0.15) is 12.4 Å². The van der Waals surface area contributed by atoms with Gasteiger partial charge in [-0.2, -0.15) is 0 Å². The van der Waals surface area contributed by atoms with Crippen molar-refractivity contribution < 1.29 is 9.53 Å². The van der Waals surface area contributed by atoms with E-state index in [0.29, 0.717) is 12.3 Å². The van der Waals surface area contributed by atoms with Crippen LogP contribution in [0.4, 0.5) is 0 Å². The molecule has 1 rings (SSSR count). The normalized spacial score (nSPS) is 10.4. The van der Waals surface area contributed by atoms with E-state index in [1.54, 1.807) is 0 Å². The highest BCUT2D eigenvalue weighted by Crippen LogP contribution is 2.19. The minimum absolute atomic E-state index is 0.130. The lowest BCUT2D eigenvalue weighted by molar-refractivity contribution is -0.120. The van der Waals surface area contributed by atoms with Crippen molar-refractivity contribution in [2.24, 2.45) is 0 Å². The van der Waals surface area contributed by atoms with Gasteiger partial charge >= 0.3 is 0 Å². The lowest BCUT2D eigenvalue weighted by Crippen LogP contribution is -2.09. The van der Waals surface area contributed by atoms with E-state index in [0.717, 1.165) is 5.75 Å². The molecule has 1 aromatic carbocycles. The molecule has 0 aliphatic heterocycles. The minimum atomic E-state index is 0.130. The number of benzene rings is 1. The molecule has 0 aromatic heterocycles. The average molecular weight is 206 g/mol. The van der Waals surface area contributed by atoms with Gasteiger partial charge in [0.15, 0.2) is 5.78 Å². The van der Waals surface area contributed by atoms with E-state index < -0.39 is 0 Å². The van der Waals surface area contributed by atoms with Crippen LogP contribution in [0.2, 0.25) is 0 Å². The Labute approximate surface area is 91.3 Å². The lowest BCUT2D eigenvalue weighted by Gasteiger charge is -2.09. The molecule has 0 saturated heterocycles. The van der Waals surface area contributed by atoms with Crippen LogP contribution in [0.3, 0.4) is 0 Å². The fourth-order valence-electron chi connectivity index (χ4n) is 1.23. The smallest absolute Gasteiger partial charge is 0.169 e. The Morgan fingerprint density at radius 1 is 1.40 bits per heavy atom. The predicted octanol–water partition coefficient (Wildman–Crippen LogP) is 3.17. The molecule has 2 heteroatoms. The van der Waals surface area contributed by atoms with Gasteiger partial charge in [0.05, 0.1) is 0 Å². The molecule has 0 aliphatic carbocycles. The average Bonchev–Trinajstić information content (AvgIpc) is 2.26. The van der Waals surface area contributed by atoms with Crippen molar-refractivity contribution in [2.45, 2.75) is 33.1 Å². The van der Waals surface area contributed by atoms with Crippen LogP contribution in [0.15, 0.2) is 24.3 Å². The summed E-state index contributed by atoms with van der Waals surface area (Å²) < 4.78 is 5.40. The van der Waals surface area contributed by atoms with Gasteiger partial charge in [-0.25, -0.2) is 0 Å². The number of ketones is 1. The maximum Gasteiger partial charge on any atom is 0.169 e. The van der Waals surface area contributed by atoms with Crippen LogP contribution in [-0.2, 0) is 4.79 Å². The molecule has 15 heavy (non-hydrogen) atoms. The van der Waals surface area contributed by atoms with Crippen molar-refractivity contribution in [3.63, 3.8) is 0 Å². The molecular weight excluding hydrogens is 188 g/mol. The molecular formula is C13H18O2. The van der Waals surface area contributed by atoms with Crippen LogP contribution >= 0.6 is 0 Å². The van der Waals surface area contributed by atoms with Crippen molar-refractivity contribution in [3.8, 4) is 5.75 Å². The lowest BCUT2D eigenvalue weighted by atomic mass is 10.0. The van der Waals surface area contributed by atoms with Crippen LogP contribution in [0.1, 0.15) is 38.7 Å². The van der Waals surface area contributed by atoms with Crippen molar-refractivity contribution in [1.29, 1.82) is 0 Å². The number of carbonyl (C=O) groups excluding carboxylic acids is 1. The SMILES string of the molecule is CCC(=O)COc1cccc(C(C)C)c1. The maximum absolute atomic E-state index is 11.1. The highest BCUT2D eigenvalue weighted by molar-refractivity contribution is 5.79. The van der Waals surface area contributed by atoms with Gasteiger partial charge in [-0.15, -0.1) is 0 Å². The molecule has 0 fully saturated rings. The quantitative estimate of drug-likeness (QED) is 0.739. The van der Waals surface area contributed by atoms with Gasteiger partial charge in [0.25, 0.3) is 0 Å². The number of rotatable bonds is 5. The van der Waals surface area contributed by atoms with E-state index in [9.17, 15) is 4.79 Å². The summed E-state index contributed by atoms with van der Waals surface area (Å²) in [7, 11) is 0. The molecule has 2 nitrogen and oxygen atoms in total. The molecule has 82 valence electrons. The molecule has 0 spiro atoms. The summed E-state index contributed by atoms with van der Waals surface area (Å²) in [6, 6.07) is 7.91. The summed E-state index contributed by atoms with van der Waals surface area (Å²) >= 11 is 0. The molecule has 0 amide bonds. The second-order valence-electron chi connectivity index (χ2n) is 3.91. The number of ether oxygens (including phenoxy) is 1. The van der Waals surface area contributed by atoms with Crippen LogP contribution in [0, 0.1) is 0 Å². The molecule has 0 radical (unpaired) electrons. The number of hydrogen-bond acceptors (Lipinski definition) is 2. The minimum Gasteiger partial charge on any atom is -0.486 e. The highest BCUT2D eigenvalue weighted by atomic mass is 16.5. The Kier molecular flexibility index (Phi) is 4.35. The highest BCUT2D eigenvalue weighted by Gasteiger charge is 2.03. The monoisotopic (exact) mass is 206 g/mol. The molecule has 0 aliphatic rings.